The molecular formula is C23H32N3O2+. The molecule has 0 spiro atoms. The zero-order chi connectivity index (χ0) is 19.5. The van der Waals surface area contributed by atoms with E-state index in [9.17, 15) is 4.79 Å². The number of carbonyl (C=O) groups is 1. The summed E-state index contributed by atoms with van der Waals surface area (Å²) in [5, 5.41) is 6.22. The standard InChI is InChI=1S/C23H31N3O2/c1-16(2)17-8-10-18(11-9-17)24-23(27)25-19-13-20-5-3-6-21(14-19)26(20)15-22-7-4-12-28-22/h4,7-12,16,19-21H,3,5-6,13-15H2,1-2H3,(H2,24,25,27)/p+1/t19?,20-,21+. The Morgan fingerprint density at radius 1 is 1.14 bits per heavy atom. The maximum absolute atomic E-state index is 12.5. The molecule has 5 nitrogen and oxygen atoms in total. The van der Waals surface area contributed by atoms with Crippen LogP contribution in [-0.4, -0.2) is 24.2 Å². The van der Waals surface area contributed by atoms with Crippen molar-refractivity contribution >= 4 is 11.7 Å². The van der Waals surface area contributed by atoms with Gasteiger partial charge in [-0.15, -0.1) is 0 Å². The number of quaternary nitrogens is 1. The van der Waals surface area contributed by atoms with E-state index in [4.69, 9.17) is 4.42 Å². The first-order valence-electron chi connectivity index (χ1n) is 10.6. The fourth-order valence-electron chi connectivity index (χ4n) is 4.96. The molecule has 28 heavy (non-hydrogen) atoms. The van der Waals surface area contributed by atoms with Crippen LogP contribution in [0.1, 0.15) is 63.2 Å². The highest BCUT2D eigenvalue weighted by Gasteiger charge is 2.42. The molecule has 4 atom stereocenters. The fraction of sp³-hybridized carbons (Fsp3) is 0.522. The molecule has 0 radical (unpaired) electrons. The van der Waals surface area contributed by atoms with Crippen molar-refractivity contribution in [3.63, 3.8) is 0 Å². The number of furan rings is 1. The van der Waals surface area contributed by atoms with Gasteiger partial charge in [-0.3, -0.25) is 0 Å². The summed E-state index contributed by atoms with van der Waals surface area (Å²) in [5.74, 6) is 1.57. The number of urea groups is 1. The summed E-state index contributed by atoms with van der Waals surface area (Å²) in [7, 11) is 0. The van der Waals surface area contributed by atoms with Gasteiger partial charge in [0.1, 0.15) is 6.54 Å². The molecule has 2 fully saturated rings. The molecule has 2 bridgehead atoms. The first-order chi connectivity index (χ1) is 13.6. The van der Waals surface area contributed by atoms with E-state index in [1.54, 1.807) is 11.2 Å². The van der Waals surface area contributed by atoms with Crippen molar-refractivity contribution in [1.29, 1.82) is 0 Å². The number of nitrogens with one attached hydrogen (secondary N) is 3. The maximum Gasteiger partial charge on any atom is 0.319 e. The molecule has 1 aromatic heterocycles. The van der Waals surface area contributed by atoms with Gasteiger partial charge in [0.25, 0.3) is 0 Å². The van der Waals surface area contributed by atoms with Crippen molar-refractivity contribution in [2.45, 2.75) is 76.5 Å². The van der Waals surface area contributed by atoms with E-state index in [-0.39, 0.29) is 12.1 Å². The SMILES string of the molecule is CC(C)c1ccc(NC(=O)NC2C[C@H]3CCC[C@@H](C2)[NH+]3Cc2ccco2)cc1. The zero-order valence-corrected chi connectivity index (χ0v) is 16.9. The van der Waals surface area contributed by atoms with Crippen LogP contribution in [0.3, 0.4) is 0 Å². The molecule has 2 unspecified atom stereocenters. The van der Waals surface area contributed by atoms with Crippen molar-refractivity contribution < 1.29 is 14.1 Å². The summed E-state index contributed by atoms with van der Waals surface area (Å²) in [6.45, 7) is 5.31. The Balaban J connectivity index is 1.32. The summed E-state index contributed by atoms with van der Waals surface area (Å²) < 4.78 is 5.58. The Morgan fingerprint density at radius 3 is 2.46 bits per heavy atom. The van der Waals surface area contributed by atoms with E-state index in [1.807, 2.05) is 18.2 Å². The molecule has 2 saturated heterocycles. The Labute approximate surface area is 167 Å². The molecule has 2 aliphatic heterocycles. The second-order valence-corrected chi connectivity index (χ2v) is 8.70. The van der Waals surface area contributed by atoms with Crippen LogP contribution in [0.25, 0.3) is 0 Å². The average Bonchev–Trinajstić information content (AvgIpc) is 3.16. The van der Waals surface area contributed by atoms with Crippen LogP contribution in [0.2, 0.25) is 0 Å². The molecule has 150 valence electrons. The van der Waals surface area contributed by atoms with Crippen LogP contribution in [0.15, 0.2) is 47.1 Å². The van der Waals surface area contributed by atoms with E-state index in [0.717, 1.165) is 30.8 Å². The van der Waals surface area contributed by atoms with Gasteiger partial charge in [-0.05, 0) is 55.0 Å². The molecule has 0 aliphatic carbocycles. The lowest BCUT2D eigenvalue weighted by Gasteiger charge is -2.45. The molecular weight excluding hydrogens is 350 g/mol. The molecule has 2 amide bonds. The number of hydrogen-bond acceptors (Lipinski definition) is 2. The highest BCUT2D eigenvalue weighted by molar-refractivity contribution is 5.89. The third-order valence-corrected chi connectivity index (χ3v) is 6.42. The Morgan fingerprint density at radius 2 is 1.86 bits per heavy atom. The third-order valence-electron chi connectivity index (χ3n) is 6.42. The average molecular weight is 383 g/mol. The first-order valence-corrected chi connectivity index (χ1v) is 10.6. The lowest BCUT2D eigenvalue weighted by Crippen LogP contribution is -3.20. The highest BCUT2D eigenvalue weighted by atomic mass is 16.3. The van der Waals surface area contributed by atoms with E-state index in [1.165, 1.54) is 24.8 Å². The molecule has 2 aliphatic rings. The largest absolute Gasteiger partial charge is 0.463 e. The highest BCUT2D eigenvalue weighted by Crippen LogP contribution is 2.23. The van der Waals surface area contributed by atoms with Gasteiger partial charge in [0.05, 0.1) is 18.3 Å². The second-order valence-electron chi connectivity index (χ2n) is 8.70. The smallest absolute Gasteiger partial charge is 0.319 e. The molecule has 2 aromatic rings. The fourth-order valence-corrected chi connectivity index (χ4v) is 4.96. The number of piperidine rings is 2. The van der Waals surface area contributed by atoms with Crippen LogP contribution < -0.4 is 15.5 Å². The Kier molecular flexibility index (Phi) is 5.72. The van der Waals surface area contributed by atoms with Crippen molar-refractivity contribution in [1.82, 2.24) is 5.32 Å². The van der Waals surface area contributed by atoms with Gasteiger partial charge < -0.3 is 20.0 Å². The van der Waals surface area contributed by atoms with Crippen molar-refractivity contribution in [3.8, 4) is 0 Å². The molecule has 3 N–H and O–H groups in total. The van der Waals surface area contributed by atoms with Gasteiger partial charge in [-0.2, -0.15) is 0 Å². The first kappa shape index (κ1) is 19.1. The van der Waals surface area contributed by atoms with Crippen molar-refractivity contribution in [2.24, 2.45) is 0 Å². The monoisotopic (exact) mass is 382 g/mol. The number of carbonyl (C=O) groups excluding carboxylic acids is 1. The van der Waals surface area contributed by atoms with E-state index >= 15 is 0 Å². The number of fused-ring (bicyclic) bond motifs is 2. The van der Waals surface area contributed by atoms with Gasteiger partial charge >= 0.3 is 6.03 Å². The van der Waals surface area contributed by atoms with Crippen molar-refractivity contribution in [2.75, 3.05) is 5.32 Å². The van der Waals surface area contributed by atoms with Crippen LogP contribution >= 0.6 is 0 Å². The predicted molar refractivity (Wildman–Crippen MR) is 111 cm³/mol. The van der Waals surface area contributed by atoms with Crippen LogP contribution in [0.4, 0.5) is 10.5 Å². The van der Waals surface area contributed by atoms with Gasteiger partial charge in [0.15, 0.2) is 5.76 Å². The van der Waals surface area contributed by atoms with E-state index in [2.05, 4.69) is 42.7 Å². The maximum atomic E-state index is 12.5. The number of hydrogen-bond donors (Lipinski definition) is 3. The van der Waals surface area contributed by atoms with Crippen LogP contribution in [0, 0.1) is 0 Å². The lowest BCUT2D eigenvalue weighted by molar-refractivity contribution is -0.974. The normalized spacial score (nSPS) is 26.8. The predicted octanol–water partition coefficient (Wildman–Crippen LogP) is 3.69. The molecule has 1 aromatic carbocycles. The van der Waals surface area contributed by atoms with E-state index < -0.39 is 0 Å². The second kappa shape index (κ2) is 8.39. The van der Waals surface area contributed by atoms with E-state index in [0.29, 0.717) is 18.0 Å². The summed E-state index contributed by atoms with van der Waals surface area (Å²) in [4.78, 5) is 14.2. The third kappa shape index (κ3) is 4.41. The summed E-state index contributed by atoms with van der Waals surface area (Å²) in [6, 6.07) is 13.6. The van der Waals surface area contributed by atoms with Gasteiger partial charge in [0.2, 0.25) is 0 Å². The number of anilines is 1. The van der Waals surface area contributed by atoms with Crippen molar-refractivity contribution in [3.05, 3.63) is 54.0 Å². The van der Waals surface area contributed by atoms with Crippen LogP contribution in [-0.2, 0) is 6.54 Å². The Hall–Kier alpha value is -2.27. The Bertz CT molecular complexity index is 756. The van der Waals surface area contributed by atoms with Gasteiger partial charge in [-0.1, -0.05) is 26.0 Å². The number of rotatable bonds is 5. The number of amides is 2. The molecule has 0 saturated carbocycles. The molecule has 4 rings (SSSR count). The number of benzene rings is 1. The lowest BCUT2D eigenvalue weighted by atomic mass is 9.81. The topological polar surface area (TPSA) is 58.7 Å². The zero-order valence-electron chi connectivity index (χ0n) is 16.9. The summed E-state index contributed by atoms with van der Waals surface area (Å²) in [6.07, 6.45) is 7.64. The summed E-state index contributed by atoms with van der Waals surface area (Å²) >= 11 is 0. The quantitative estimate of drug-likeness (QED) is 0.739. The molecule has 3 heterocycles. The van der Waals surface area contributed by atoms with Crippen LogP contribution in [0.5, 0.6) is 0 Å². The minimum Gasteiger partial charge on any atom is -0.463 e. The van der Waals surface area contributed by atoms with Gasteiger partial charge in [0, 0.05) is 24.6 Å². The summed E-state index contributed by atoms with van der Waals surface area (Å²) in [5.41, 5.74) is 2.13. The molecule has 5 heteroatoms. The van der Waals surface area contributed by atoms with Gasteiger partial charge in [-0.25, -0.2) is 4.79 Å². The minimum absolute atomic E-state index is 0.0881. The minimum atomic E-state index is -0.0881.